The van der Waals surface area contributed by atoms with Gasteiger partial charge in [0.2, 0.25) is 5.91 Å². The first-order valence-electron chi connectivity index (χ1n) is 25.9. The van der Waals surface area contributed by atoms with Gasteiger partial charge in [-0.3, -0.25) is 24.6 Å². The number of aliphatic hydroxyl groups excluding tert-OH is 1. The molecule has 5 heterocycles. The summed E-state index contributed by atoms with van der Waals surface area (Å²) in [5.41, 5.74) is 0.237. The number of alkyl halides is 3. The van der Waals surface area contributed by atoms with E-state index in [2.05, 4.69) is 47.5 Å². The van der Waals surface area contributed by atoms with Crippen LogP contribution < -0.4 is 26.3 Å². The van der Waals surface area contributed by atoms with Gasteiger partial charge in [0.25, 0.3) is 5.91 Å². The topological polar surface area (TPSA) is 205 Å². The second-order valence-corrected chi connectivity index (χ2v) is 22.1. The van der Waals surface area contributed by atoms with Crippen molar-refractivity contribution in [2.24, 2.45) is 10.8 Å². The Bertz CT molecular complexity index is 2820. The summed E-state index contributed by atoms with van der Waals surface area (Å²) < 4.78 is 92.7. The van der Waals surface area contributed by atoms with Crippen molar-refractivity contribution < 1.29 is 60.4 Å². The monoisotopic (exact) mass is 1090 g/mol. The predicted octanol–water partition coefficient (Wildman–Crippen LogP) is 6.02. The first kappa shape index (κ1) is 57.3. The molecule has 4 aromatic rings. The van der Waals surface area contributed by atoms with Gasteiger partial charge in [0.1, 0.15) is 29.5 Å². The number of fused-ring (bicyclic) bond motifs is 2. The number of rotatable bonds is 18. The molecule has 420 valence electrons. The van der Waals surface area contributed by atoms with E-state index in [0.717, 1.165) is 89.2 Å². The zero-order valence-electron chi connectivity index (χ0n) is 44.6. The lowest BCUT2D eigenvalue weighted by atomic mass is 9.82. The van der Waals surface area contributed by atoms with Gasteiger partial charge in [0, 0.05) is 72.9 Å². The third-order valence-electron chi connectivity index (χ3n) is 14.9. The second kappa shape index (κ2) is 23.6. The molecule has 8 rings (SSSR count). The fraction of sp³-hybridized carbons (Fsp3) is 0.527. The molecule has 0 spiro atoms. The lowest BCUT2D eigenvalue weighted by Crippen LogP contribution is -2.63. The standard InChI is InChI=1S/C55H67F5N10O8/c1-53(2,3)47(63-51(74)76-6)50(73)66-68(28-40-41(56)23-35(24-42(40)57)43-20-21-69(65-43)36-15-16-36)29-45(71)44(62-49(72)48(64-52(75)77-7)54(4,5)55(58,59)60)22-33-11-8-32(9-12-33)10-13-34-14-19-46(61-25-34)67-26-37-17-18-38(27-67)70(37)39-30-78-31-39/h8-9,11-12,14,19-21,23-25,36-39,44-45,47-48,71H,15-18,22,26-31H2,1-7H3,(H,62,72)(H,63,74)(H,64,75)(H,66,73)/t37?,38?,44-,45-,47+,48?/m0/s1. The Morgan fingerprint density at radius 1 is 0.795 bits per heavy atom. The number of aromatic nitrogens is 3. The van der Waals surface area contributed by atoms with E-state index >= 15 is 8.78 Å². The average Bonchev–Trinajstić information content (AvgIpc) is 4.11. The van der Waals surface area contributed by atoms with Crippen LogP contribution in [-0.2, 0) is 36.8 Å². The summed E-state index contributed by atoms with van der Waals surface area (Å²) in [5, 5.41) is 24.5. The number of hydrogen-bond donors (Lipinski definition) is 5. The fourth-order valence-corrected chi connectivity index (χ4v) is 10.0. The first-order chi connectivity index (χ1) is 36.9. The number of halogens is 5. The molecule has 6 atom stereocenters. The van der Waals surface area contributed by atoms with Gasteiger partial charge in [0.05, 0.1) is 62.8 Å². The minimum atomic E-state index is -5.05. The summed E-state index contributed by atoms with van der Waals surface area (Å²) in [7, 11) is 2.00. The molecular formula is C55H67F5N10O8. The van der Waals surface area contributed by atoms with E-state index in [1.807, 2.05) is 17.4 Å². The molecule has 3 aliphatic heterocycles. The van der Waals surface area contributed by atoms with Crippen molar-refractivity contribution in [1.29, 1.82) is 0 Å². The third-order valence-corrected chi connectivity index (χ3v) is 14.9. The number of nitrogens with one attached hydrogen (secondary N) is 4. The van der Waals surface area contributed by atoms with Crippen LogP contribution in [0.4, 0.5) is 37.4 Å². The number of amides is 4. The molecule has 3 saturated heterocycles. The zero-order valence-corrected chi connectivity index (χ0v) is 44.6. The van der Waals surface area contributed by atoms with Gasteiger partial charge in [0.15, 0.2) is 0 Å². The van der Waals surface area contributed by atoms with Crippen LogP contribution in [0.1, 0.15) is 88.6 Å². The molecule has 78 heavy (non-hydrogen) atoms. The number of anilines is 1. The van der Waals surface area contributed by atoms with Crippen LogP contribution in [0.25, 0.3) is 11.3 Å². The lowest BCUT2D eigenvalue weighted by Gasteiger charge is -2.47. The van der Waals surface area contributed by atoms with Crippen LogP contribution in [0.5, 0.6) is 0 Å². The maximum Gasteiger partial charge on any atom is 0.407 e. The molecule has 2 bridgehead atoms. The molecule has 23 heteroatoms. The molecule has 4 aliphatic rings. The molecular weight excluding hydrogens is 1020 g/mol. The van der Waals surface area contributed by atoms with Gasteiger partial charge in [-0.25, -0.2) is 28.4 Å². The average molecular weight is 1090 g/mol. The SMILES string of the molecule is COC(=O)NC(C(=O)N[C@@H](Cc1ccc(C#Cc2ccc(N3CC4CCC(C3)N4C3COC3)nc2)cc1)[C@@H](O)CN(Cc1c(F)cc(-c2ccn(C3CC3)n2)cc1F)NC(=O)[C@@H](NC(=O)OC)C(C)(C)C)C(C)(C)C(F)(F)F. The highest BCUT2D eigenvalue weighted by molar-refractivity contribution is 5.87. The van der Waals surface area contributed by atoms with Crippen LogP contribution in [-0.4, -0.2) is 149 Å². The summed E-state index contributed by atoms with van der Waals surface area (Å²) in [5.74, 6) is 2.76. The Balaban J connectivity index is 1.05. The maximum atomic E-state index is 16.2. The minimum absolute atomic E-state index is 0.133. The van der Waals surface area contributed by atoms with E-state index in [-0.39, 0.29) is 18.0 Å². The van der Waals surface area contributed by atoms with Crippen LogP contribution in [0.15, 0.2) is 67.0 Å². The third kappa shape index (κ3) is 13.5. The highest BCUT2D eigenvalue weighted by atomic mass is 19.4. The normalized spacial score (nSPS) is 19.4. The van der Waals surface area contributed by atoms with E-state index < -0.39 is 95.5 Å². The number of ether oxygens (including phenoxy) is 3. The van der Waals surface area contributed by atoms with Crippen LogP contribution >= 0.6 is 0 Å². The summed E-state index contributed by atoms with van der Waals surface area (Å²) in [6, 6.07) is 10.7. The Morgan fingerprint density at radius 2 is 1.38 bits per heavy atom. The fourth-order valence-electron chi connectivity index (χ4n) is 10.0. The Morgan fingerprint density at radius 3 is 1.92 bits per heavy atom. The Hall–Kier alpha value is -6.87. The highest BCUT2D eigenvalue weighted by Crippen LogP contribution is 2.41. The van der Waals surface area contributed by atoms with Crippen molar-refractivity contribution in [3.8, 4) is 23.1 Å². The quantitative estimate of drug-likeness (QED) is 0.0441. The number of carbonyl (C=O) groups is 4. The van der Waals surface area contributed by atoms with Gasteiger partial charge >= 0.3 is 18.4 Å². The molecule has 1 saturated carbocycles. The highest BCUT2D eigenvalue weighted by Gasteiger charge is 2.56. The second-order valence-electron chi connectivity index (χ2n) is 22.1. The minimum Gasteiger partial charge on any atom is -0.453 e. The van der Waals surface area contributed by atoms with Crippen LogP contribution in [0, 0.1) is 34.3 Å². The lowest BCUT2D eigenvalue weighted by molar-refractivity contribution is -0.220. The van der Waals surface area contributed by atoms with E-state index in [1.165, 1.54) is 0 Å². The van der Waals surface area contributed by atoms with Gasteiger partial charge in [-0.2, -0.15) is 18.3 Å². The summed E-state index contributed by atoms with van der Waals surface area (Å²) in [6.07, 6.45) is -1.89. The summed E-state index contributed by atoms with van der Waals surface area (Å²) >= 11 is 0. The molecule has 5 N–H and O–H groups in total. The largest absolute Gasteiger partial charge is 0.453 e. The van der Waals surface area contributed by atoms with E-state index in [9.17, 15) is 37.5 Å². The molecule has 1 aliphatic carbocycles. The van der Waals surface area contributed by atoms with Crippen molar-refractivity contribution in [1.82, 2.24) is 46.0 Å². The van der Waals surface area contributed by atoms with Crippen molar-refractivity contribution >= 4 is 29.8 Å². The van der Waals surface area contributed by atoms with Gasteiger partial charge < -0.3 is 40.2 Å². The van der Waals surface area contributed by atoms with E-state index in [1.54, 1.807) is 68.2 Å². The summed E-state index contributed by atoms with van der Waals surface area (Å²) in [6.45, 7) is 8.19. The number of piperazine rings is 1. The number of benzene rings is 2. The molecule has 2 aromatic carbocycles. The number of aliphatic hydroxyl groups is 1. The molecule has 18 nitrogen and oxygen atoms in total. The smallest absolute Gasteiger partial charge is 0.407 e. The predicted molar refractivity (Wildman–Crippen MR) is 276 cm³/mol. The number of pyridine rings is 1. The summed E-state index contributed by atoms with van der Waals surface area (Å²) in [4.78, 5) is 62.9. The molecule has 2 aromatic heterocycles. The van der Waals surface area contributed by atoms with Gasteiger partial charge in [-0.15, -0.1) is 0 Å². The first-order valence-corrected chi connectivity index (χ1v) is 25.9. The van der Waals surface area contributed by atoms with Crippen molar-refractivity contribution in [3.63, 3.8) is 0 Å². The Labute approximate surface area is 449 Å². The van der Waals surface area contributed by atoms with Gasteiger partial charge in [-0.05, 0) is 99.4 Å². The molecule has 4 amide bonds. The number of carbonyl (C=O) groups excluding carboxylic acids is 4. The Kier molecular flexibility index (Phi) is 17.4. The molecule has 3 unspecified atom stereocenters. The number of alkyl carbamates (subject to hydrolysis) is 2. The number of nitrogens with zero attached hydrogens (tertiary/aromatic N) is 6. The van der Waals surface area contributed by atoms with Crippen LogP contribution in [0.3, 0.4) is 0 Å². The van der Waals surface area contributed by atoms with Crippen molar-refractivity contribution in [2.45, 2.75) is 128 Å². The van der Waals surface area contributed by atoms with Crippen LogP contribution in [0.2, 0.25) is 0 Å². The number of methoxy groups -OCH3 is 2. The van der Waals surface area contributed by atoms with E-state index in [4.69, 9.17) is 14.5 Å². The van der Waals surface area contributed by atoms with E-state index in [0.29, 0.717) is 54.4 Å². The number of hydrogen-bond acceptors (Lipinski definition) is 13. The zero-order chi connectivity index (χ0) is 56.3. The van der Waals surface area contributed by atoms with Crippen molar-refractivity contribution in [2.75, 3.05) is 52.0 Å². The van der Waals surface area contributed by atoms with Gasteiger partial charge in [-0.1, -0.05) is 44.7 Å². The maximum absolute atomic E-state index is 16.2. The van der Waals surface area contributed by atoms with Crippen molar-refractivity contribution in [3.05, 3.63) is 101 Å². The molecule has 4 fully saturated rings. The molecule has 0 radical (unpaired) electrons. The number of hydrazine groups is 1.